The summed E-state index contributed by atoms with van der Waals surface area (Å²) >= 11 is 0. The minimum absolute atomic E-state index is 0.0302. The third kappa shape index (κ3) is 9.60. The van der Waals surface area contributed by atoms with Gasteiger partial charge in [0.15, 0.2) is 11.6 Å². The molecule has 1 heterocycles. The van der Waals surface area contributed by atoms with E-state index in [2.05, 4.69) is 6.92 Å². The maximum absolute atomic E-state index is 12.2. The summed E-state index contributed by atoms with van der Waals surface area (Å²) in [6.45, 7) is 2.11. The van der Waals surface area contributed by atoms with Gasteiger partial charge in [0, 0.05) is 52.7 Å². The monoisotopic (exact) mass is 396 g/mol. The van der Waals surface area contributed by atoms with E-state index in [1.807, 2.05) is 0 Å². The summed E-state index contributed by atoms with van der Waals surface area (Å²) < 4.78 is 16.2. The number of cyclic esters (lactones) is 1. The third-order valence-electron chi connectivity index (χ3n) is 5.24. The number of ether oxygens (including phenoxy) is 3. The number of hydrogen-bond donors (Lipinski definition) is 0. The molecule has 1 atom stereocenters. The lowest BCUT2D eigenvalue weighted by Crippen LogP contribution is -2.34. The molecule has 0 aromatic carbocycles. The molecule has 0 bridgehead atoms. The van der Waals surface area contributed by atoms with Crippen molar-refractivity contribution in [3.8, 4) is 0 Å². The number of allylic oxidation sites excluding steroid dienone is 1. The van der Waals surface area contributed by atoms with E-state index in [9.17, 15) is 14.4 Å². The maximum atomic E-state index is 12.2. The molecule has 0 N–H and O–H groups in total. The van der Waals surface area contributed by atoms with Crippen LogP contribution in [0.1, 0.15) is 84.0 Å². The van der Waals surface area contributed by atoms with E-state index < -0.39 is 5.79 Å². The lowest BCUT2D eigenvalue weighted by atomic mass is 10.00. The second-order valence-corrected chi connectivity index (χ2v) is 7.43. The number of esters is 1. The minimum atomic E-state index is -0.892. The lowest BCUT2D eigenvalue weighted by Gasteiger charge is -2.29. The maximum Gasteiger partial charge on any atom is 0.306 e. The number of carbonyl (C=O) groups excluding carboxylic acids is 3. The fourth-order valence-electron chi connectivity index (χ4n) is 3.33. The Morgan fingerprint density at radius 3 is 2.50 bits per heavy atom. The molecule has 0 amide bonds. The summed E-state index contributed by atoms with van der Waals surface area (Å²) in [5.74, 6) is -0.782. The van der Waals surface area contributed by atoms with Crippen molar-refractivity contribution in [3.05, 3.63) is 12.2 Å². The van der Waals surface area contributed by atoms with Crippen molar-refractivity contribution in [2.75, 3.05) is 14.2 Å². The van der Waals surface area contributed by atoms with Crippen molar-refractivity contribution in [2.45, 2.75) is 95.9 Å². The average molecular weight is 397 g/mol. The zero-order chi connectivity index (χ0) is 20.8. The highest BCUT2D eigenvalue weighted by Crippen LogP contribution is 2.25. The van der Waals surface area contributed by atoms with Crippen LogP contribution in [0.25, 0.3) is 0 Å². The highest BCUT2D eigenvalue weighted by atomic mass is 16.7. The molecule has 0 spiro atoms. The first-order valence-corrected chi connectivity index (χ1v) is 10.5. The van der Waals surface area contributed by atoms with Crippen LogP contribution in [0, 0.1) is 0 Å². The summed E-state index contributed by atoms with van der Waals surface area (Å²) in [6.07, 6.45) is 11.3. The molecule has 1 saturated heterocycles. The molecule has 160 valence electrons. The summed E-state index contributed by atoms with van der Waals surface area (Å²) in [4.78, 5) is 35.1. The van der Waals surface area contributed by atoms with Crippen LogP contribution in [0.15, 0.2) is 12.2 Å². The standard InChI is InChI=1S/C22H36O6/c1-4-5-6-9-18(23)11-8-16-22(26-2,27-3)17-15-19(24)10-7-12-20-13-14-21(25)28-20/h8,11,20H,4-7,9-10,12-17H2,1-3H3/b11-8+. The van der Waals surface area contributed by atoms with Crippen LogP contribution >= 0.6 is 0 Å². The van der Waals surface area contributed by atoms with Gasteiger partial charge < -0.3 is 14.2 Å². The molecular weight excluding hydrogens is 360 g/mol. The Morgan fingerprint density at radius 1 is 1.14 bits per heavy atom. The molecule has 0 saturated carbocycles. The van der Waals surface area contributed by atoms with Gasteiger partial charge in [0.1, 0.15) is 11.9 Å². The van der Waals surface area contributed by atoms with Crippen LogP contribution in [-0.4, -0.2) is 43.6 Å². The van der Waals surface area contributed by atoms with Gasteiger partial charge in [-0.05, 0) is 31.8 Å². The van der Waals surface area contributed by atoms with Gasteiger partial charge in [-0.3, -0.25) is 14.4 Å². The van der Waals surface area contributed by atoms with Gasteiger partial charge in [-0.1, -0.05) is 25.8 Å². The van der Waals surface area contributed by atoms with E-state index in [-0.39, 0.29) is 23.6 Å². The van der Waals surface area contributed by atoms with Crippen LogP contribution in [0.4, 0.5) is 0 Å². The third-order valence-corrected chi connectivity index (χ3v) is 5.24. The number of Topliss-reactive ketones (excluding diaryl/α,β-unsaturated/α-hetero) is 1. The molecule has 1 aliphatic heterocycles. The van der Waals surface area contributed by atoms with E-state index in [4.69, 9.17) is 14.2 Å². The van der Waals surface area contributed by atoms with Crippen molar-refractivity contribution in [3.63, 3.8) is 0 Å². The number of methoxy groups -OCH3 is 2. The molecule has 6 nitrogen and oxygen atoms in total. The largest absolute Gasteiger partial charge is 0.462 e. The van der Waals surface area contributed by atoms with E-state index >= 15 is 0 Å². The van der Waals surface area contributed by atoms with Gasteiger partial charge in [0.05, 0.1) is 0 Å². The van der Waals surface area contributed by atoms with E-state index in [1.165, 1.54) is 0 Å². The summed E-state index contributed by atoms with van der Waals surface area (Å²) in [5, 5.41) is 0. The van der Waals surface area contributed by atoms with Gasteiger partial charge in [0.25, 0.3) is 0 Å². The minimum Gasteiger partial charge on any atom is -0.462 e. The topological polar surface area (TPSA) is 78.9 Å². The molecule has 0 radical (unpaired) electrons. The Labute approximate surface area is 169 Å². The van der Waals surface area contributed by atoms with E-state index in [1.54, 1.807) is 26.4 Å². The molecule has 0 aromatic heterocycles. The van der Waals surface area contributed by atoms with Gasteiger partial charge >= 0.3 is 5.97 Å². The van der Waals surface area contributed by atoms with Crippen LogP contribution < -0.4 is 0 Å². The van der Waals surface area contributed by atoms with Gasteiger partial charge in [-0.25, -0.2) is 0 Å². The van der Waals surface area contributed by atoms with Crippen LogP contribution in [0.2, 0.25) is 0 Å². The van der Waals surface area contributed by atoms with Crippen LogP contribution in [-0.2, 0) is 28.6 Å². The quantitative estimate of drug-likeness (QED) is 0.168. The highest BCUT2D eigenvalue weighted by molar-refractivity contribution is 5.89. The summed E-state index contributed by atoms with van der Waals surface area (Å²) in [6, 6.07) is 0. The Kier molecular flexibility index (Phi) is 11.9. The zero-order valence-corrected chi connectivity index (χ0v) is 17.7. The van der Waals surface area contributed by atoms with Gasteiger partial charge in [-0.2, -0.15) is 0 Å². The fourth-order valence-corrected chi connectivity index (χ4v) is 3.33. The number of rotatable bonds is 16. The van der Waals surface area contributed by atoms with Crippen molar-refractivity contribution in [1.29, 1.82) is 0 Å². The summed E-state index contributed by atoms with van der Waals surface area (Å²) in [7, 11) is 3.11. The first-order valence-electron chi connectivity index (χ1n) is 10.5. The van der Waals surface area contributed by atoms with E-state index in [0.29, 0.717) is 38.5 Å². The van der Waals surface area contributed by atoms with Gasteiger partial charge in [-0.15, -0.1) is 0 Å². The predicted molar refractivity (Wildman–Crippen MR) is 107 cm³/mol. The number of carbonyl (C=O) groups is 3. The Morgan fingerprint density at radius 2 is 1.89 bits per heavy atom. The number of hydrogen-bond acceptors (Lipinski definition) is 6. The van der Waals surface area contributed by atoms with Crippen molar-refractivity contribution < 1.29 is 28.6 Å². The molecular formula is C22H36O6. The molecule has 1 aliphatic rings. The Hall–Kier alpha value is -1.53. The first kappa shape index (κ1) is 24.5. The smallest absolute Gasteiger partial charge is 0.306 e. The number of ketones is 2. The SMILES string of the molecule is CCCCCC(=O)/C=C/CC(CCC(=O)CCCC1CCC(=O)O1)(OC)OC. The molecule has 0 aliphatic carbocycles. The van der Waals surface area contributed by atoms with Crippen molar-refractivity contribution in [1.82, 2.24) is 0 Å². The molecule has 28 heavy (non-hydrogen) atoms. The van der Waals surface area contributed by atoms with E-state index in [0.717, 1.165) is 38.5 Å². The second-order valence-electron chi connectivity index (χ2n) is 7.43. The normalized spacial score (nSPS) is 17.2. The molecule has 0 aromatic rings. The lowest BCUT2D eigenvalue weighted by molar-refractivity contribution is -0.208. The van der Waals surface area contributed by atoms with Crippen LogP contribution in [0.3, 0.4) is 0 Å². The first-order chi connectivity index (χ1) is 13.4. The van der Waals surface area contributed by atoms with Crippen molar-refractivity contribution >= 4 is 17.5 Å². The average Bonchev–Trinajstić information content (AvgIpc) is 3.10. The van der Waals surface area contributed by atoms with Crippen LogP contribution in [0.5, 0.6) is 0 Å². The molecule has 1 unspecified atom stereocenters. The molecule has 1 fully saturated rings. The summed E-state index contributed by atoms with van der Waals surface area (Å²) in [5.41, 5.74) is 0. The second kappa shape index (κ2) is 13.6. The Balaban J connectivity index is 2.33. The highest BCUT2D eigenvalue weighted by Gasteiger charge is 2.29. The molecule has 1 rings (SSSR count). The zero-order valence-electron chi connectivity index (χ0n) is 17.7. The van der Waals surface area contributed by atoms with Gasteiger partial charge in [0.2, 0.25) is 0 Å². The molecule has 6 heteroatoms. The van der Waals surface area contributed by atoms with Crippen molar-refractivity contribution in [2.24, 2.45) is 0 Å². The Bertz CT molecular complexity index is 521. The number of unbranched alkanes of at least 4 members (excludes halogenated alkanes) is 2. The fraction of sp³-hybridized carbons (Fsp3) is 0.773. The predicted octanol–water partition coefficient (Wildman–Crippen LogP) is 4.30.